The second kappa shape index (κ2) is 4.98. The molecule has 8 heavy (non-hydrogen) atoms. The number of hydrogen-bond donors (Lipinski definition) is 2. The van der Waals surface area contributed by atoms with Gasteiger partial charge < -0.3 is 10.3 Å². The van der Waals surface area contributed by atoms with Gasteiger partial charge in [0, 0.05) is 0 Å². The molecule has 0 aliphatic rings. The highest BCUT2D eigenvalue weighted by molar-refractivity contribution is 7.79. The molecule has 6 heteroatoms. The van der Waals surface area contributed by atoms with E-state index in [2.05, 4.69) is 0 Å². The summed E-state index contributed by atoms with van der Waals surface area (Å²) in [4.78, 5) is 0. The Hall–Kier alpha value is -0.170. The van der Waals surface area contributed by atoms with E-state index in [0.29, 0.717) is 0 Å². The van der Waals surface area contributed by atoms with Gasteiger partial charge in [-0.05, 0) is 6.54 Å². The van der Waals surface area contributed by atoms with Gasteiger partial charge in [0.05, 0.1) is 0 Å². The van der Waals surface area contributed by atoms with Crippen LogP contribution in [0.3, 0.4) is 0 Å². The molecule has 0 aliphatic heterocycles. The second-order valence-corrected chi connectivity index (χ2v) is 1.69. The Morgan fingerprint density at radius 1 is 1.75 bits per heavy atom. The van der Waals surface area contributed by atoms with Crippen LogP contribution in [0.1, 0.15) is 6.92 Å². The Balaban J connectivity index is 0. The quantitative estimate of drug-likeness (QED) is 0.332. The lowest BCUT2D eigenvalue weighted by Crippen LogP contribution is -1.90. The third-order valence-electron chi connectivity index (χ3n) is 0. The summed E-state index contributed by atoms with van der Waals surface area (Å²) in [6.45, 7) is 2.65. The molecule has 5 nitrogen and oxygen atoms in total. The molecule has 0 saturated carbocycles. The molecule has 0 aromatic rings. The first-order valence-electron chi connectivity index (χ1n) is 1.80. The van der Waals surface area contributed by atoms with Crippen LogP contribution in [0.15, 0.2) is 0 Å². The highest BCUT2D eigenvalue weighted by atomic mass is 32.3. The Labute approximate surface area is 48.1 Å². The standard InChI is InChI=1S/C2H7N.H2O4S/c1-2-3;1-5(2,3)4/h2-3H2,1H3;(H2,1,2,3,4)/p-1. The van der Waals surface area contributed by atoms with Crippen molar-refractivity contribution in [3.05, 3.63) is 0 Å². The minimum absolute atomic E-state index is 0.750. The molecule has 0 atom stereocenters. The van der Waals surface area contributed by atoms with Crippen molar-refractivity contribution >= 4 is 10.4 Å². The van der Waals surface area contributed by atoms with Crippen molar-refractivity contribution in [1.29, 1.82) is 0 Å². The summed E-state index contributed by atoms with van der Waals surface area (Å²) in [6, 6.07) is 0. The van der Waals surface area contributed by atoms with Crippen LogP contribution in [0.25, 0.3) is 0 Å². The van der Waals surface area contributed by atoms with Crippen molar-refractivity contribution in [3.63, 3.8) is 0 Å². The smallest absolute Gasteiger partial charge is 0.215 e. The van der Waals surface area contributed by atoms with E-state index < -0.39 is 10.4 Å². The molecule has 52 valence electrons. The summed E-state index contributed by atoms with van der Waals surface area (Å²) in [5, 5.41) is 0. The molecule has 0 radical (unpaired) electrons. The molecule has 0 bridgehead atoms. The molecule has 0 saturated heterocycles. The Bertz CT molecular complexity index is 108. The Morgan fingerprint density at radius 3 is 1.75 bits per heavy atom. The van der Waals surface area contributed by atoms with E-state index in [1.54, 1.807) is 0 Å². The predicted octanol–water partition coefficient (Wildman–Crippen LogP) is -1.03. The van der Waals surface area contributed by atoms with Crippen molar-refractivity contribution < 1.29 is 17.5 Å². The fraction of sp³-hybridized carbons (Fsp3) is 1.00. The summed E-state index contributed by atoms with van der Waals surface area (Å²) >= 11 is 0. The minimum atomic E-state index is -4.92. The van der Waals surface area contributed by atoms with Crippen LogP contribution in [0.5, 0.6) is 0 Å². The fourth-order valence-electron chi connectivity index (χ4n) is 0. The highest BCUT2D eigenvalue weighted by Gasteiger charge is 1.67. The molecule has 0 aliphatic carbocycles. The second-order valence-electron chi connectivity index (χ2n) is 0.836. The zero-order valence-corrected chi connectivity index (χ0v) is 5.18. The monoisotopic (exact) mass is 142 g/mol. The zero-order chi connectivity index (χ0) is 7.21. The molecule has 0 rings (SSSR count). The van der Waals surface area contributed by atoms with E-state index in [4.69, 9.17) is 23.3 Å². The van der Waals surface area contributed by atoms with E-state index in [1.165, 1.54) is 0 Å². The minimum Gasteiger partial charge on any atom is -0.726 e. The van der Waals surface area contributed by atoms with Gasteiger partial charge in [-0.15, -0.1) is 0 Å². The maximum atomic E-state index is 8.63. The van der Waals surface area contributed by atoms with Crippen molar-refractivity contribution in [1.82, 2.24) is 0 Å². The topological polar surface area (TPSA) is 103 Å². The summed E-state index contributed by atoms with van der Waals surface area (Å²) < 4.78 is 32.8. The molecule has 0 aromatic carbocycles. The molecule has 0 spiro atoms. The average Bonchev–Trinajstić information content (AvgIpc) is 1.27. The molecule has 0 heterocycles. The van der Waals surface area contributed by atoms with E-state index in [-0.39, 0.29) is 0 Å². The highest BCUT2D eigenvalue weighted by Crippen LogP contribution is 1.58. The lowest BCUT2D eigenvalue weighted by molar-refractivity contribution is 0.366. The maximum absolute atomic E-state index is 8.63. The molecule has 3 N–H and O–H groups in total. The first-order valence-corrected chi connectivity index (χ1v) is 3.16. The van der Waals surface area contributed by atoms with Crippen LogP contribution in [0, 0.1) is 0 Å². The Kier molecular flexibility index (Phi) is 6.68. The molecule has 0 unspecified atom stereocenters. The van der Waals surface area contributed by atoms with Gasteiger partial charge in [-0.25, -0.2) is 8.42 Å². The fourth-order valence-corrected chi connectivity index (χ4v) is 0. The number of rotatable bonds is 0. The predicted molar refractivity (Wildman–Crippen MR) is 27.1 cm³/mol. The van der Waals surface area contributed by atoms with Crippen LogP contribution in [-0.2, 0) is 10.4 Å². The third kappa shape index (κ3) is 4710. The average molecular weight is 142 g/mol. The van der Waals surface area contributed by atoms with Crippen molar-refractivity contribution in [3.8, 4) is 0 Å². The third-order valence-corrected chi connectivity index (χ3v) is 0. The van der Waals surface area contributed by atoms with Crippen molar-refractivity contribution in [2.45, 2.75) is 6.92 Å². The molecule has 0 aromatic heterocycles. The van der Waals surface area contributed by atoms with Crippen molar-refractivity contribution in [2.24, 2.45) is 5.73 Å². The van der Waals surface area contributed by atoms with Gasteiger partial charge in [-0.2, -0.15) is 0 Å². The van der Waals surface area contributed by atoms with Gasteiger partial charge >= 0.3 is 0 Å². The lowest BCUT2D eigenvalue weighted by Gasteiger charge is -1.88. The van der Waals surface area contributed by atoms with Crippen LogP contribution >= 0.6 is 0 Å². The number of hydrogen-bond acceptors (Lipinski definition) is 4. The van der Waals surface area contributed by atoms with Gasteiger partial charge in [0.2, 0.25) is 10.4 Å². The van der Waals surface area contributed by atoms with Gasteiger partial charge in [-0.3, -0.25) is 4.55 Å². The largest absolute Gasteiger partial charge is 0.726 e. The first kappa shape index (κ1) is 10.7. The first-order chi connectivity index (χ1) is 3.41. The van der Waals surface area contributed by atoms with Gasteiger partial charge in [-0.1, -0.05) is 6.92 Å². The Morgan fingerprint density at radius 2 is 1.75 bits per heavy atom. The summed E-state index contributed by atoms with van der Waals surface area (Å²) in [5.74, 6) is 0. The maximum Gasteiger partial charge on any atom is 0.215 e. The molecule has 0 fully saturated rings. The van der Waals surface area contributed by atoms with E-state index >= 15 is 0 Å². The van der Waals surface area contributed by atoms with Gasteiger partial charge in [0.25, 0.3) is 0 Å². The normalized spacial score (nSPS) is 9.50. The molecular formula is C2H8NO4S-. The van der Waals surface area contributed by atoms with E-state index in [0.717, 1.165) is 6.54 Å². The van der Waals surface area contributed by atoms with Crippen LogP contribution < -0.4 is 5.73 Å². The van der Waals surface area contributed by atoms with Crippen LogP contribution in [-0.4, -0.2) is 24.1 Å². The van der Waals surface area contributed by atoms with Crippen molar-refractivity contribution in [2.75, 3.05) is 6.54 Å². The summed E-state index contributed by atoms with van der Waals surface area (Å²) in [6.07, 6.45) is 0. The number of nitrogens with two attached hydrogens (primary N) is 1. The molecular weight excluding hydrogens is 134 g/mol. The SMILES string of the molecule is CCN.O=S(=O)([O-])O. The molecule has 0 amide bonds. The lowest BCUT2D eigenvalue weighted by atomic mass is 10.8. The van der Waals surface area contributed by atoms with Gasteiger partial charge in [0.15, 0.2) is 0 Å². The van der Waals surface area contributed by atoms with Crippen LogP contribution in [0.2, 0.25) is 0 Å². The van der Waals surface area contributed by atoms with Crippen LogP contribution in [0.4, 0.5) is 0 Å². The van der Waals surface area contributed by atoms with E-state index in [1.807, 2.05) is 6.92 Å². The zero-order valence-electron chi connectivity index (χ0n) is 4.36. The van der Waals surface area contributed by atoms with E-state index in [9.17, 15) is 0 Å². The van der Waals surface area contributed by atoms with Gasteiger partial charge in [0.1, 0.15) is 0 Å². The summed E-state index contributed by atoms with van der Waals surface area (Å²) in [7, 11) is -4.92. The summed E-state index contributed by atoms with van der Waals surface area (Å²) in [5.41, 5.74) is 4.85.